The van der Waals surface area contributed by atoms with E-state index in [1.54, 1.807) is 6.20 Å². The average Bonchev–Trinajstić information content (AvgIpc) is 2.46. The third-order valence-corrected chi connectivity index (χ3v) is 5.87. The van der Waals surface area contributed by atoms with Gasteiger partial charge in [-0.05, 0) is 39.3 Å². The number of hydrogen-bond donors (Lipinski definition) is 1. The number of hydrogen-bond acceptors (Lipinski definition) is 5. The minimum Gasteiger partial charge on any atom is -0.374 e. The Morgan fingerprint density at radius 1 is 1.05 bits per heavy atom. The van der Waals surface area contributed by atoms with Crippen LogP contribution in [0.25, 0.3) is 0 Å². The lowest BCUT2D eigenvalue weighted by Gasteiger charge is -2.28. The summed E-state index contributed by atoms with van der Waals surface area (Å²) in [4.78, 5) is 4.23. The molecule has 0 radical (unpaired) electrons. The predicted molar refractivity (Wildman–Crippen MR) is 82.8 cm³/mol. The van der Waals surface area contributed by atoms with E-state index in [0.29, 0.717) is 19.8 Å². The van der Waals surface area contributed by atoms with Crippen molar-refractivity contribution in [2.24, 2.45) is 0 Å². The Bertz CT molecular complexity index is 335. The van der Waals surface area contributed by atoms with Gasteiger partial charge in [-0.15, -0.1) is 0 Å². The number of rotatable bonds is 11. The first kappa shape index (κ1) is 17.1. The van der Waals surface area contributed by atoms with Gasteiger partial charge in [0.1, 0.15) is 5.82 Å². The maximum Gasteiger partial charge on any atom is 0.500 e. The summed E-state index contributed by atoms with van der Waals surface area (Å²) in [6.45, 7) is 8.64. The van der Waals surface area contributed by atoms with Crippen LogP contribution in [0.15, 0.2) is 24.4 Å². The smallest absolute Gasteiger partial charge is 0.374 e. The molecule has 0 saturated carbocycles. The fourth-order valence-electron chi connectivity index (χ4n) is 1.99. The SMILES string of the molecule is CCO[Si](CCCNc1ccccn1)(OCC)OCC. The van der Waals surface area contributed by atoms with E-state index in [4.69, 9.17) is 13.3 Å². The highest BCUT2D eigenvalue weighted by molar-refractivity contribution is 6.60. The molecule has 0 saturated heterocycles. The quantitative estimate of drug-likeness (QED) is 0.503. The molecule has 1 aromatic rings. The first-order valence-corrected chi connectivity index (χ1v) is 9.26. The van der Waals surface area contributed by atoms with Gasteiger partial charge in [-0.25, -0.2) is 4.98 Å². The molecule has 0 aliphatic rings. The highest BCUT2D eigenvalue weighted by Crippen LogP contribution is 2.18. The number of aromatic nitrogens is 1. The van der Waals surface area contributed by atoms with Gasteiger partial charge in [-0.1, -0.05) is 6.07 Å². The zero-order valence-electron chi connectivity index (χ0n) is 12.7. The second kappa shape index (κ2) is 9.87. The van der Waals surface area contributed by atoms with Crippen LogP contribution in [0.1, 0.15) is 27.2 Å². The van der Waals surface area contributed by atoms with Gasteiger partial charge in [-0.3, -0.25) is 0 Å². The molecule has 0 spiro atoms. The van der Waals surface area contributed by atoms with Gasteiger partial charge >= 0.3 is 8.80 Å². The standard InChI is InChI=1S/C14H26N2O3Si/c1-4-17-20(18-5-2,19-6-3)13-9-12-16-14-10-7-8-11-15-14/h7-8,10-11H,4-6,9,12-13H2,1-3H3,(H,15,16). The van der Waals surface area contributed by atoms with E-state index in [1.165, 1.54) is 0 Å². The van der Waals surface area contributed by atoms with Gasteiger partial charge in [0.15, 0.2) is 0 Å². The summed E-state index contributed by atoms with van der Waals surface area (Å²) in [6.07, 6.45) is 2.71. The molecule has 1 aromatic heterocycles. The Morgan fingerprint density at radius 2 is 1.70 bits per heavy atom. The molecule has 0 bridgehead atoms. The van der Waals surface area contributed by atoms with E-state index < -0.39 is 8.80 Å². The van der Waals surface area contributed by atoms with Crippen LogP contribution in [0.3, 0.4) is 0 Å². The van der Waals surface area contributed by atoms with Crippen LogP contribution >= 0.6 is 0 Å². The Morgan fingerprint density at radius 3 is 2.20 bits per heavy atom. The van der Waals surface area contributed by atoms with Gasteiger partial charge in [0.25, 0.3) is 0 Å². The maximum atomic E-state index is 5.81. The lowest BCUT2D eigenvalue weighted by molar-refractivity contribution is 0.0710. The van der Waals surface area contributed by atoms with Crippen LogP contribution in [0.5, 0.6) is 0 Å². The van der Waals surface area contributed by atoms with E-state index in [-0.39, 0.29) is 0 Å². The number of pyridine rings is 1. The molecule has 6 heteroatoms. The van der Waals surface area contributed by atoms with Crippen molar-refractivity contribution in [2.75, 3.05) is 31.7 Å². The molecule has 0 aliphatic carbocycles. The van der Waals surface area contributed by atoms with Gasteiger partial charge in [0.05, 0.1) is 0 Å². The summed E-state index contributed by atoms with van der Waals surface area (Å²) >= 11 is 0. The first-order chi connectivity index (χ1) is 9.76. The molecule has 0 aromatic carbocycles. The summed E-state index contributed by atoms with van der Waals surface area (Å²) < 4.78 is 17.4. The van der Waals surface area contributed by atoms with Crippen molar-refractivity contribution in [1.29, 1.82) is 0 Å². The van der Waals surface area contributed by atoms with Crippen molar-refractivity contribution in [3.63, 3.8) is 0 Å². The van der Waals surface area contributed by atoms with Gasteiger partial charge in [-0.2, -0.15) is 0 Å². The van der Waals surface area contributed by atoms with E-state index in [0.717, 1.165) is 24.8 Å². The lowest BCUT2D eigenvalue weighted by Crippen LogP contribution is -2.46. The maximum absolute atomic E-state index is 5.81. The van der Waals surface area contributed by atoms with Gasteiger partial charge in [0.2, 0.25) is 0 Å². The Hall–Kier alpha value is -0.953. The third kappa shape index (κ3) is 6.00. The number of nitrogens with zero attached hydrogens (tertiary/aromatic N) is 1. The second-order valence-electron chi connectivity index (χ2n) is 4.23. The van der Waals surface area contributed by atoms with Crippen LogP contribution in [-0.2, 0) is 13.3 Å². The van der Waals surface area contributed by atoms with E-state index >= 15 is 0 Å². The van der Waals surface area contributed by atoms with Crippen LogP contribution in [-0.4, -0.2) is 40.2 Å². The van der Waals surface area contributed by atoms with Crippen LogP contribution in [0.4, 0.5) is 5.82 Å². The molecule has 1 heterocycles. The molecule has 0 atom stereocenters. The average molecular weight is 298 g/mol. The van der Waals surface area contributed by atoms with E-state index in [9.17, 15) is 0 Å². The molecular weight excluding hydrogens is 272 g/mol. The molecule has 1 N–H and O–H groups in total. The second-order valence-corrected chi connectivity index (χ2v) is 6.96. The molecule has 1 rings (SSSR count). The fourth-order valence-corrected chi connectivity index (χ4v) is 4.60. The summed E-state index contributed by atoms with van der Waals surface area (Å²) in [5.41, 5.74) is 0. The summed E-state index contributed by atoms with van der Waals surface area (Å²) in [6, 6.07) is 6.65. The molecule has 5 nitrogen and oxygen atoms in total. The van der Waals surface area contributed by atoms with Gasteiger partial charge < -0.3 is 18.6 Å². The Balaban J connectivity index is 2.40. The third-order valence-electron chi connectivity index (χ3n) is 2.72. The topological polar surface area (TPSA) is 52.6 Å². The van der Waals surface area contributed by atoms with Crippen molar-refractivity contribution in [1.82, 2.24) is 4.98 Å². The van der Waals surface area contributed by atoms with E-state index in [1.807, 2.05) is 39.0 Å². The van der Waals surface area contributed by atoms with E-state index in [2.05, 4.69) is 10.3 Å². The van der Waals surface area contributed by atoms with Gasteiger partial charge in [0, 0.05) is 38.6 Å². The Labute approximate surface area is 123 Å². The molecule has 20 heavy (non-hydrogen) atoms. The molecule has 114 valence electrons. The largest absolute Gasteiger partial charge is 0.500 e. The Kier molecular flexibility index (Phi) is 8.44. The van der Waals surface area contributed by atoms with Crippen molar-refractivity contribution < 1.29 is 13.3 Å². The normalized spacial score (nSPS) is 11.6. The molecule has 0 fully saturated rings. The molecule has 0 amide bonds. The molecule has 0 unspecified atom stereocenters. The van der Waals surface area contributed by atoms with Crippen molar-refractivity contribution in [3.8, 4) is 0 Å². The number of anilines is 1. The van der Waals surface area contributed by atoms with Crippen LogP contribution in [0, 0.1) is 0 Å². The van der Waals surface area contributed by atoms with Crippen molar-refractivity contribution in [3.05, 3.63) is 24.4 Å². The first-order valence-electron chi connectivity index (χ1n) is 7.33. The lowest BCUT2D eigenvalue weighted by atomic mass is 10.4. The number of nitrogens with one attached hydrogen (secondary N) is 1. The van der Waals surface area contributed by atoms with Crippen LogP contribution in [0.2, 0.25) is 6.04 Å². The fraction of sp³-hybridized carbons (Fsp3) is 0.643. The minimum atomic E-state index is -2.49. The monoisotopic (exact) mass is 298 g/mol. The zero-order chi connectivity index (χ0) is 14.7. The summed E-state index contributed by atoms with van der Waals surface area (Å²) in [5, 5.41) is 3.29. The minimum absolute atomic E-state index is 0.625. The summed E-state index contributed by atoms with van der Waals surface area (Å²) in [5.74, 6) is 0.893. The summed E-state index contributed by atoms with van der Waals surface area (Å²) in [7, 11) is -2.49. The predicted octanol–water partition coefficient (Wildman–Crippen LogP) is 2.93. The van der Waals surface area contributed by atoms with Crippen molar-refractivity contribution in [2.45, 2.75) is 33.2 Å². The highest BCUT2D eigenvalue weighted by Gasteiger charge is 2.39. The van der Waals surface area contributed by atoms with Crippen LogP contribution < -0.4 is 5.32 Å². The zero-order valence-corrected chi connectivity index (χ0v) is 13.7. The van der Waals surface area contributed by atoms with Crippen molar-refractivity contribution >= 4 is 14.6 Å². The highest BCUT2D eigenvalue weighted by atomic mass is 28.4. The molecule has 0 aliphatic heterocycles. The molecular formula is C14H26N2O3Si.